The monoisotopic (exact) mass is 451 g/mol. The highest BCUT2D eigenvalue weighted by Crippen LogP contribution is 2.49. The number of halogens is 1. The average Bonchev–Trinajstić information content (AvgIpc) is 2.76. The number of carbonyl (C=O) groups excluding carboxylic acids is 1. The van der Waals surface area contributed by atoms with Gasteiger partial charge in [0, 0.05) is 28.8 Å². The lowest BCUT2D eigenvalue weighted by Gasteiger charge is -2.35. The Bertz CT molecular complexity index is 1210. The molecule has 0 atom stereocenters. The van der Waals surface area contributed by atoms with Crippen molar-refractivity contribution in [3.8, 4) is 22.4 Å². The maximum atomic E-state index is 12.1. The SMILES string of the molecule is CSN1Cc2cc(Cl)cnc2-c2c(C)c(-c3ccc(C)cc3)c(CC(=O)N=O)c(C)c21. The van der Waals surface area contributed by atoms with Gasteiger partial charge in [0.25, 0.3) is 5.91 Å². The largest absolute Gasteiger partial charge is 0.311 e. The van der Waals surface area contributed by atoms with Gasteiger partial charge in [0.2, 0.25) is 0 Å². The predicted octanol–water partition coefficient (Wildman–Crippen LogP) is 6.43. The third kappa shape index (κ3) is 3.75. The van der Waals surface area contributed by atoms with Crippen LogP contribution in [0, 0.1) is 25.7 Å². The van der Waals surface area contributed by atoms with E-state index in [1.54, 1.807) is 18.1 Å². The van der Waals surface area contributed by atoms with Crippen molar-refractivity contribution in [2.24, 2.45) is 5.18 Å². The number of aromatic nitrogens is 1. The van der Waals surface area contributed by atoms with E-state index in [0.29, 0.717) is 11.6 Å². The second kappa shape index (κ2) is 8.44. The van der Waals surface area contributed by atoms with Crippen LogP contribution >= 0.6 is 23.5 Å². The fraction of sp³-hybridized carbons (Fsp3) is 0.250. The number of amides is 1. The summed E-state index contributed by atoms with van der Waals surface area (Å²) >= 11 is 7.85. The minimum Gasteiger partial charge on any atom is -0.311 e. The molecule has 31 heavy (non-hydrogen) atoms. The Morgan fingerprint density at radius 2 is 1.87 bits per heavy atom. The van der Waals surface area contributed by atoms with Crippen LogP contribution in [-0.4, -0.2) is 17.1 Å². The molecular formula is C24H22ClN3O2S. The minimum absolute atomic E-state index is 0.0320. The number of fused-ring (bicyclic) bond motifs is 3. The number of anilines is 1. The van der Waals surface area contributed by atoms with Gasteiger partial charge in [-0.1, -0.05) is 53.4 Å². The summed E-state index contributed by atoms with van der Waals surface area (Å²) in [6, 6.07) is 10.2. The highest BCUT2D eigenvalue weighted by Gasteiger charge is 2.31. The maximum Gasteiger partial charge on any atom is 0.290 e. The number of benzene rings is 2. The van der Waals surface area contributed by atoms with Gasteiger partial charge < -0.3 is 4.31 Å². The van der Waals surface area contributed by atoms with Gasteiger partial charge in [0.05, 0.1) is 29.4 Å². The zero-order chi connectivity index (χ0) is 22.3. The number of rotatable bonds is 4. The number of nitroso groups, excluding NO2 is 1. The molecule has 0 fully saturated rings. The van der Waals surface area contributed by atoms with E-state index < -0.39 is 5.91 Å². The van der Waals surface area contributed by atoms with Crippen molar-refractivity contribution < 1.29 is 4.79 Å². The third-order valence-corrected chi connectivity index (χ3v) is 6.78. The van der Waals surface area contributed by atoms with Gasteiger partial charge in [-0.3, -0.25) is 9.78 Å². The number of aryl methyl sites for hydroxylation is 1. The number of hydrogen-bond acceptors (Lipinski definition) is 5. The topological polar surface area (TPSA) is 62.6 Å². The van der Waals surface area contributed by atoms with Gasteiger partial charge in [0.15, 0.2) is 0 Å². The second-order valence-corrected chi connectivity index (χ2v) is 8.98. The minimum atomic E-state index is -0.673. The quantitative estimate of drug-likeness (QED) is 0.338. The number of hydrogen-bond donors (Lipinski definition) is 0. The molecule has 0 saturated carbocycles. The standard InChI is InChI=1S/C24H22ClN3O2S/c1-13-5-7-16(8-6-13)21-15(3)22-23-17(9-18(25)11-26-23)12-28(31-4)24(22)14(2)19(21)10-20(29)27-30/h5-9,11H,10,12H2,1-4H3. The van der Waals surface area contributed by atoms with Gasteiger partial charge >= 0.3 is 0 Å². The molecule has 1 aliphatic rings. The van der Waals surface area contributed by atoms with Crippen LogP contribution in [-0.2, 0) is 17.8 Å². The molecule has 3 aromatic rings. The molecule has 0 aliphatic carbocycles. The molecule has 158 valence electrons. The van der Waals surface area contributed by atoms with E-state index in [2.05, 4.69) is 33.5 Å². The van der Waals surface area contributed by atoms with E-state index >= 15 is 0 Å². The van der Waals surface area contributed by atoms with Gasteiger partial charge in [-0.25, -0.2) is 0 Å². The highest BCUT2D eigenvalue weighted by molar-refractivity contribution is 7.99. The molecule has 0 bridgehead atoms. The van der Waals surface area contributed by atoms with Crippen molar-refractivity contribution in [3.63, 3.8) is 0 Å². The van der Waals surface area contributed by atoms with Crippen LogP contribution in [0.4, 0.5) is 5.69 Å². The number of nitrogens with zero attached hydrogens (tertiary/aromatic N) is 3. The van der Waals surface area contributed by atoms with Crippen molar-refractivity contribution in [3.05, 3.63) is 74.3 Å². The number of carbonyl (C=O) groups is 1. The Balaban J connectivity index is 2.10. The Labute approximate surface area is 190 Å². The molecule has 2 aromatic carbocycles. The molecule has 5 nitrogen and oxygen atoms in total. The van der Waals surface area contributed by atoms with Crippen molar-refractivity contribution in [2.45, 2.75) is 33.7 Å². The summed E-state index contributed by atoms with van der Waals surface area (Å²) in [5.41, 5.74) is 9.96. The lowest BCUT2D eigenvalue weighted by atomic mass is 9.82. The van der Waals surface area contributed by atoms with Crippen LogP contribution in [0.2, 0.25) is 5.02 Å². The Morgan fingerprint density at radius 3 is 2.52 bits per heavy atom. The lowest BCUT2D eigenvalue weighted by Crippen LogP contribution is -2.23. The van der Waals surface area contributed by atoms with E-state index in [0.717, 1.165) is 55.9 Å². The molecule has 7 heteroatoms. The summed E-state index contributed by atoms with van der Waals surface area (Å²) < 4.78 is 2.19. The fourth-order valence-electron chi connectivity index (χ4n) is 4.38. The smallest absolute Gasteiger partial charge is 0.290 e. The first-order chi connectivity index (χ1) is 14.8. The summed E-state index contributed by atoms with van der Waals surface area (Å²) in [6.07, 6.45) is 3.66. The first-order valence-electron chi connectivity index (χ1n) is 9.91. The maximum absolute atomic E-state index is 12.1. The summed E-state index contributed by atoms with van der Waals surface area (Å²) in [5.74, 6) is -0.673. The molecule has 1 aliphatic heterocycles. The highest BCUT2D eigenvalue weighted by atomic mass is 35.5. The molecule has 0 saturated heterocycles. The van der Waals surface area contributed by atoms with Gasteiger partial charge in [0.1, 0.15) is 0 Å². The zero-order valence-corrected chi connectivity index (χ0v) is 19.4. The molecule has 1 amide bonds. The van der Waals surface area contributed by atoms with Crippen LogP contribution in [0.3, 0.4) is 0 Å². The van der Waals surface area contributed by atoms with Crippen LogP contribution in [0.1, 0.15) is 27.8 Å². The van der Waals surface area contributed by atoms with Crippen LogP contribution in [0.25, 0.3) is 22.4 Å². The van der Waals surface area contributed by atoms with E-state index in [1.807, 2.05) is 38.3 Å². The summed E-state index contributed by atoms with van der Waals surface area (Å²) in [5, 5.41) is 3.27. The normalized spacial score (nSPS) is 12.4. The number of pyridine rings is 1. The predicted molar refractivity (Wildman–Crippen MR) is 129 cm³/mol. The average molecular weight is 452 g/mol. The summed E-state index contributed by atoms with van der Waals surface area (Å²) in [6.45, 7) is 6.75. The van der Waals surface area contributed by atoms with E-state index in [9.17, 15) is 9.70 Å². The fourth-order valence-corrected chi connectivity index (χ4v) is 5.24. The van der Waals surface area contributed by atoms with Crippen molar-refractivity contribution in [1.82, 2.24) is 4.98 Å². The molecular weight excluding hydrogens is 430 g/mol. The molecule has 0 spiro atoms. The van der Waals surface area contributed by atoms with Crippen LogP contribution < -0.4 is 4.31 Å². The van der Waals surface area contributed by atoms with Crippen molar-refractivity contribution >= 4 is 35.1 Å². The molecule has 0 unspecified atom stereocenters. The summed E-state index contributed by atoms with van der Waals surface area (Å²) in [7, 11) is 0. The Kier molecular flexibility index (Phi) is 5.86. The molecule has 1 aromatic heterocycles. The third-order valence-electron chi connectivity index (χ3n) is 5.82. The molecule has 0 N–H and O–H groups in total. The van der Waals surface area contributed by atoms with Crippen molar-refractivity contribution in [2.75, 3.05) is 10.6 Å². The Hall–Kier alpha value is -2.70. The van der Waals surface area contributed by atoms with Gasteiger partial charge in [-0.15, -0.1) is 4.91 Å². The van der Waals surface area contributed by atoms with Crippen molar-refractivity contribution in [1.29, 1.82) is 0 Å². The zero-order valence-electron chi connectivity index (χ0n) is 17.8. The molecule has 0 radical (unpaired) electrons. The molecule has 4 rings (SSSR count). The van der Waals surface area contributed by atoms with E-state index in [4.69, 9.17) is 11.6 Å². The molecule has 2 heterocycles. The van der Waals surface area contributed by atoms with Crippen LogP contribution in [0.5, 0.6) is 0 Å². The van der Waals surface area contributed by atoms with E-state index in [1.165, 1.54) is 0 Å². The van der Waals surface area contributed by atoms with Gasteiger partial charge in [-0.05, 0) is 54.7 Å². The Morgan fingerprint density at radius 1 is 1.16 bits per heavy atom. The summed E-state index contributed by atoms with van der Waals surface area (Å²) in [4.78, 5) is 27.8. The lowest BCUT2D eigenvalue weighted by molar-refractivity contribution is -0.117. The first-order valence-corrected chi connectivity index (χ1v) is 11.5. The first kappa shape index (κ1) is 21.5. The van der Waals surface area contributed by atoms with Gasteiger partial charge in [-0.2, -0.15) is 0 Å². The second-order valence-electron chi connectivity index (χ2n) is 7.74. The van der Waals surface area contributed by atoms with Crippen LogP contribution in [0.15, 0.2) is 41.7 Å². The van der Waals surface area contributed by atoms with E-state index in [-0.39, 0.29) is 6.42 Å².